The molecule has 0 aliphatic heterocycles. The first-order valence-electron chi connectivity index (χ1n) is 10.5. The number of pyridine rings is 1. The van der Waals surface area contributed by atoms with Crippen molar-refractivity contribution in [2.75, 3.05) is 17.2 Å². The molecule has 10 heteroatoms. The number of carbonyl (C=O) groups is 1. The van der Waals surface area contributed by atoms with Gasteiger partial charge in [0.15, 0.2) is 6.61 Å². The van der Waals surface area contributed by atoms with E-state index in [9.17, 15) is 19.7 Å². The number of ether oxygens (including phenoxy) is 1. The highest BCUT2D eigenvalue weighted by Crippen LogP contribution is 2.32. The molecule has 0 saturated heterocycles. The summed E-state index contributed by atoms with van der Waals surface area (Å²) in [5.74, 6) is -1.33. The van der Waals surface area contributed by atoms with Gasteiger partial charge in [0.25, 0.3) is 0 Å². The van der Waals surface area contributed by atoms with Crippen LogP contribution in [0.15, 0.2) is 60.8 Å². The van der Waals surface area contributed by atoms with Gasteiger partial charge < -0.3 is 20.5 Å². The lowest BCUT2D eigenvalue weighted by Gasteiger charge is -2.15. The van der Waals surface area contributed by atoms with Crippen molar-refractivity contribution < 1.29 is 19.0 Å². The molecule has 4 rings (SSSR count). The summed E-state index contributed by atoms with van der Waals surface area (Å²) in [6.45, 7) is -0.280. The predicted molar refractivity (Wildman–Crippen MR) is 133 cm³/mol. The fraction of sp³-hybridized carbons (Fsp3) is 0.0769. The van der Waals surface area contributed by atoms with Gasteiger partial charge in [-0.15, -0.1) is 0 Å². The number of rotatable bonds is 8. The summed E-state index contributed by atoms with van der Waals surface area (Å²) in [7, 11) is 0. The van der Waals surface area contributed by atoms with E-state index in [0.29, 0.717) is 44.8 Å². The van der Waals surface area contributed by atoms with Crippen molar-refractivity contribution in [3.8, 4) is 17.9 Å². The Morgan fingerprint density at radius 3 is 2.61 bits per heavy atom. The number of nitrogens with zero attached hydrogens (tertiary/aromatic N) is 3. The van der Waals surface area contributed by atoms with Gasteiger partial charge in [-0.3, -0.25) is 4.98 Å². The number of aliphatic carboxylic acids is 1. The molecule has 0 atom stereocenters. The van der Waals surface area contributed by atoms with Gasteiger partial charge in [0.1, 0.15) is 17.6 Å². The normalized spacial score (nSPS) is 10.3. The lowest BCUT2D eigenvalue weighted by atomic mass is 10.1. The summed E-state index contributed by atoms with van der Waals surface area (Å²) in [6, 6.07) is 18.4. The number of hydrogen-bond donors (Lipinski definition) is 3. The molecular weight excluding hydrogens is 485 g/mol. The van der Waals surface area contributed by atoms with E-state index in [4.69, 9.17) is 21.4 Å². The Balaban J connectivity index is 1.66. The highest BCUT2D eigenvalue weighted by molar-refractivity contribution is 6.31. The van der Waals surface area contributed by atoms with E-state index in [2.05, 4.69) is 27.8 Å². The number of fused-ring (bicyclic) bond motifs is 1. The summed E-state index contributed by atoms with van der Waals surface area (Å²) in [5, 5.41) is 34.7. The Bertz CT molecular complexity index is 1560. The van der Waals surface area contributed by atoms with Crippen molar-refractivity contribution in [2.24, 2.45) is 0 Å². The van der Waals surface area contributed by atoms with Crippen LogP contribution in [-0.4, -0.2) is 22.7 Å². The Hall–Kier alpha value is -4.86. The van der Waals surface area contributed by atoms with E-state index < -0.39 is 18.4 Å². The van der Waals surface area contributed by atoms with Crippen molar-refractivity contribution in [1.29, 1.82) is 10.5 Å². The molecule has 1 aromatic heterocycles. The van der Waals surface area contributed by atoms with Crippen molar-refractivity contribution >= 4 is 45.5 Å². The molecule has 3 aromatic carbocycles. The predicted octanol–water partition coefficient (Wildman–Crippen LogP) is 5.59. The molecule has 0 bridgehead atoms. The van der Waals surface area contributed by atoms with E-state index in [1.807, 2.05) is 0 Å². The zero-order chi connectivity index (χ0) is 25.7. The first-order chi connectivity index (χ1) is 17.4. The third-order valence-corrected chi connectivity index (χ3v) is 5.49. The third kappa shape index (κ3) is 5.44. The maximum atomic E-state index is 13.6. The summed E-state index contributed by atoms with van der Waals surface area (Å²) in [5.41, 5.74) is 3.55. The number of halogens is 2. The van der Waals surface area contributed by atoms with Gasteiger partial charge in [0.05, 0.1) is 33.4 Å². The summed E-state index contributed by atoms with van der Waals surface area (Å²) < 4.78 is 18.9. The minimum atomic E-state index is -1.11. The van der Waals surface area contributed by atoms with E-state index >= 15 is 0 Å². The molecule has 0 aliphatic carbocycles. The van der Waals surface area contributed by atoms with Gasteiger partial charge in [0.2, 0.25) is 0 Å². The maximum Gasteiger partial charge on any atom is 0.341 e. The summed E-state index contributed by atoms with van der Waals surface area (Å²) in [6.07, 6.45) is 1.45. The van der Waals surface area contributed by atoms with Crippen molar-refractivity contribution in [2.45, 2.75) is 6.54 Å². The van der Waals surface area contributed by atoms with Crippen LogP contribution < -0.4 is 15.4 Å². The molecule has 8 nitrogen and oxygen atoms in total. The van der Waals surface area contributed by atoms with E-state index in [1.54, 1.807) is 36.4 Å². The van der Waals surface area contributed by atoms with Crippen LogP contribution in [0.2, 0.25) is 5.02 Å². The first kappa shape index (κ1) is 24.3. The maximum absolute atomic E-state index is 13.6. The van der Waals surface area contributed by atoms with Crippen molar-refractivity contribution in [3.05, 3.63) is 88.3 Å². The molecule has 0 fully saturated rings. The highest BCUT2D eigenvalue weighted by atomic mass is 35.5. The lowest BCUT2D eigenvalue weighted by Crippen LogP contribution is -2.11. The molecule has 178 valence electrons. The van der Waals surface area contributed by atoms with Crippen LogP contribution in [0.3, 0.4) is 0 Å². The molecule has 36 heavy (non-hydrogen) atoms. The summed E-state index contributed by atoms with van der Waals surface area (Å²) >= 11 is 5.91. The molecular formula is C26H17ClFN5O3. The van der Waals surface area contributed by atoms with Crippen LogP contribution in [0, 0.1) is 28.5 Å². The Labute approximate surface area is 210 Å². The summed E-state index contributed by atoms with van der Waals surface area (Å²) in [4.78, 5) is 15.2. The molecule has 0 unspecified atom stereocenters. The number of aromatic nitrogens is 1. The second kappa shape index (κ2) is 10.6. The van der Waals surface area contributed by atoms with Gasteiger partial charge in [-0.05, 0) is 54.6 Å². The lowest BCUT2D eigenvalue weighted by molar-refractivity contribution is -0.139. The second-order valence-electron chi connectivity index (χ2n) is 7.61. The van der Waals surface area contributed by atoms with Crippen LogP contribution >= 0.6 is 11.6 Å². The Morgan fingerprint density at radius 2 is 1.89 bits per heavy atom. The molecule has 4 aromatic rings. The van der Waals surface area contributed by atoms with Crippen LogP contribution in [0.1, 0.15) is 16.7 Å². The van der Waals surface area contributed by atoms with Crippen LogP contribution in [0.25, 0.3) is 10.9 Å². The zero-order valence-electron chi connectivity index (χ0n) is 18.5. The van der Waals surface area contributed by atoms with Crippen molar-refractivity contribution in [1.82, 2.24) is 4.98 Å². The fourth-order valence-electron chi connectivity index (χ4n) is 3.50. The van der Waals surface area contributed by atoms with Crippen molar-refractivity contribution in [3.63, 3.8) is 0 Å². The topological polar surface area (TPSA) is 131 Å². The fourth-order valence-corrected chi connectivity index (χ4v) is 3.69. The van der Waals surface area contributed by atoms with E-state index in [-0.39, 0.29) is 17.1 Å². The number of carboxylic acid groups (broad SMARTS) is 1. The van der Waals surface area contributed by atoms with Gasteiger partial charge in [-0.25, -0.2) is 9.18 Å². The second-order valence-corrected chi connectivity index (χ2v) is 8.02. The number of hydrogen-bond acceptors (Lipinski definition) is 7. The van der Waals surface area contributed by atoms with E-state index in [1.165, 1.54) is 24.4 Å². The van der Waals surface area contributed by atoms with E-state index in [0.717, 1.165) is 0 Å². The smallest absolute Gasteiger partial charge is 0.341 e. The molecule has 0 amide bonds. The Morgan fingerprint density at radius 1 is 1.08 bits per heavy atom. The average Bonchev–Trinajstić information content (AvgIpc) is 2.88. The SMILES string of the molecule is N#Cc1ccc(OCC(=O)O)c(CNc2ccc3ncc(C#N)c(Nc4ccc(F)c(Cl)c4)c3c2)c1. The van der Waals surface area contributed by atoms with Gasteiger partial charge in [-0.1, -0.05) is 11.6 Å². The molecule has 1 heterocycles. The monoisotopic (exact) mass is 501 g/mol. The molecule has 0 saturated carbocycles. The van der Waals surface area contributed by atoms with Crippen LogP contribution in [-0.2, 0) is 11.3 Å². The quantitative estimate of drug-likeness (QED) is 0.285. The largest absolute Gasteiger partial charge is 0.482 e. The highest BCUT2D eigenvalue weighted by Gasteiger charge is 2.13. The van der Waals surface area contributed by atoms with Crippen LogP contribution in [0.4, 0.5) is 21.5 Å². The van der Waals surface area contributed by atoms with Gasteiger partial charge in [0, 0.05) is 35.1 Å². The minimum absolute atomic E-state index is 0.0558. The molecule has 0 aliphatic rings. The minimum Gasteiger partial charge on any atom is -0.482 e. The van der Waals surface area contributed by atoms with Gasteiger partial charge >= 0.3 is 5.97 Å². The number of anilines is 3. The zero-order valence-corrected chi connectivity index (χ0v) is 19.3. The average molecular weight is 502 g/mol. The number of nitriles is 2. The molecule has 0 spiro atoms. The van der Waals surface area contributed by atoms with Crippen LogP contribution in [0.5, 0.6) is 5.75 Å². The standard InChI is InChI=1S/C26H17ClFN5O3/c27-21-9-19(2-4-22(21)28)33-26-17(11-30)13-32-23-5-3-18(8-20(23)26)31-12-16-7-15(10-29)1-6-24(16)36-14-25(34)35/h1-9,13,31H,12,14H2,(H,32,33)(H,34,35). The number of nitrogens with one attached hydrogen (secondary N) is 2. The number of carboxylic acids is 1. The van der Waals surface area contributed by atoms with Gasteiger partial charge in [-0.2, -0.15) is 10.5 Å². The first-order valence-corrected chi connectivity index (χ1v) is 10.9. The Kier molecular flexibility index (Phi) is 7.15. The molecule has 3 N–H and O–H groups in total. The molecule has 0 radical (unpaired) electrons. The number of benzene rings is 3. The third-order valence-electron chi connectivity index (χ3n) is 5.20.